The van der Waals surface area contributed by atoms with Gasteiger partial charge in [-0.2, -0.15) is 13.2 Å². The second-order valence-electron chi connectivity index (χ2n) is 10.6. The number of rotatable bonds is 6. The average molecular weight is 609 g/mol. The van der Waals surface area contributed by atoms with Gasteiger partial charge in [-0.15, -0.1) is 0 Å². The van der Waals surface area contributed by atoms with Gasteiger partial charge in [0.2, 0.25) is 0 Å². The molecule has 4 aromatic rings. The van der Waals surface area contributed by atoms with E-state index in [4.69, 9.17) is 16.3 Å². The predicted octanol–water partition coefficient (Wildman–Crippen LogP) is 5.97. The van der Waals surface area contributed by atoms with Crippen molar-refractivity contribution in [2.24, 2.45) is 0 Å². The topological polar surface area (TPSA) is 49.4 Å². The van der Waals surface area contributed by atoms with Gasteiger partial charge in [0.05, 0.1) is 0 Å². The van der Waals surface area contributed by atoms with E-state index < -0.39 is 35.2 Å². The Bertz CT molecular complexity index is 1470. The fourth-order valence-corrected chi connectivity index (χ4v) is 10.7. The fraction of sp³-hybridized carbons (Fsp3) is 0.206. The van der Waals surface area contributed by atoms with Gasteiger partial charge in [0.15, 0.2) is 0 Å². The number of alkyl halides is 4. The van der Waals surface area contributed by atoms with Crippen molar-refractivity contribution >= 4 is 40.7 Å². The summed E-state index contributed by atoms with van der Waals surface area (Å²) in [7, 11) is -4.10. The van der Waals surface area contributed by atoms with E-state index in [1.807, 2.05) is 5.92 Å². The number of esters is 1. The first-order valence-electron chi connectivity index (χ1n) is 13.1. The second-order valence-corrected chi connectivity index (χ2v) is 15.0. The molecule has 0 aliphatic carbocycles. The Labute approximate surface area is 249 Å². The van der Waals surface area contributed by atoms with Crippen molar-refractivity contribution < 1.29 is 27.8 Å². The number of ether oxygens (including phenoxy) is 1. The number of benzene rings is 4. The third-order valence-corrected chi connectivity index (χ3v) is 12.4. The van der Waals surface area contributed by atoms with E-state index in [1.165, 1.54) is 32.9 Å². The van der Waals surface area contributed by atoms with Crippen LogP contribution in [-0.4, -0.2) is 28.0 Å². The quantitative estimate of drug-likeness (QED) is 0.117. The highest BCUT2D eigenvalue weighted by Crippen LogP contribution is 2.72. The summed E-state index contributed by atoms with van der Waals surface area (Å²) in [5.74, 6) is 2.82. The molecule has 8 heteroatoms. The summed E-state index contributed by atoms with van der Waals surface area (Å²) in [6.07, 6.45) is -5.61. The van der Waals surface area contributed by atoms with Crippen molar-refractivity contribution in [2.75, 3.05) is 0 Å². The maximum atomic E-state index is 15.5. The van der Waals surface area contributed by atoms with Gasteiger partial charge < -0.3 is 9.84 Å². The van der Waals surface area contributed by atoms with Crippen LogP contribution in [0.15, 0.2) is 121 Å². The number of hydrogen-bond acceptors (Lipinski definition) is 3. The molecule has 0 fully saturated rings. The Balaban J connectivity index is 2.27. The number of carbonyl (C=O) groups excluding carboxylic acids is 1. The molecule has 0 spiro atoms. The van der Waals surface area contributed by atoms with Gasteiger partial charge in [-0.05, 0) is 69.3 Å². The maximum absolute atomic E-state index is 15.5. The molecular weight excluding hydrogens is 580 g/mol. The van der Waals surface area contributed by atoms with Gasteiger partial charge in [-0.25, -0.2) is 4.79 Å². The van der Waals surface area contributed by atoms with Crippen LogP contribution in [0.5, 0.6) is 0 Å². The van der Waals surface area contributed by atoms with Crippen molar-refractivity contribution in [1.29, 1.82) is 0 Å². The molecular formula is C34H29ClF3O3P. The summed E-state index contributed by atoms with van der Waals surface area (Å²) in [5.41, 5.74) is -5.46. The molecule has 0 amide bonds. The Kier molecular flexibility index (Phi) is 8.90. The molecule has 2 unspecified atom stereocenters. The van der Waals surface area contributed by atoms with Crippen LogP contribution >= 0.6 is 18.9 Å². The first-order chi connectivity index (χ1) is 19.8. The molecule has 0 bridgehead atoms. The van der Waals surface area contributed by atoms with Crippen LogP contribution in [0.25, 0.3) is 0 Å². The zero-order valence-electron chi connectivity index (χ0n) is 23.2. The molecule has 0 saturated heterocycles. The van der Waals surface area contributed by atoms with Crippen LogP contribution in [0, 0.1) is 11.8 Å². The normalized spacial score (nSPS) is 15.0. The van der Waals surface area contributed by atoms with Gasteiger partial charge in [-0.3, -0.25) is 0 Å². The third kappa shape index (κ3) is 5.57. The first-order valence-corrected chi connectivity index (χ1v) is 15.3. The molecule has 0 heterocycles. The summed E-state index contributed by atoms with van der Waals surface area (Å²) in [6.45, 7) is 4.52. The molecule has 4 rings (SSSR count). The molecule has 2 atom stereocenters. The van der Waals surface area contributed by atoms with Gasteiger partial charge in [-0.1, -0.05) is 96.2 Å². The van der Waals surface area contributed by atoms with Crippen LogP contribution in [0.3, 0.4) is 0 Å². The summed E-state index contributed by atoms with van der Waals surface area (Å²) >= 11 is 7.32. The molecule has 0 aliphatic heterocycles. The fourth-order valence-electron chi connectivity index (χ4n) is 4.82. The van der Waals surface area contributed by atoms with E-state index in [0.29, 0.717) is 0 Å². The molecule has 0 saturated carbocycles. The Hall–Kier alpha value is -3.62. The molecule has 42 heavy (non-hydrogen) atoms. The standard InChI is InChI=1S/C34H29ClF3O3P/c1-31(2,3)41-30(39)33(35,32(40,34(36,37)38)25-24-26-16-8-4-9-17-26)42(27-18-10-5-11-19-27,28-20-12-6-13-21-28)29-22-14-7-15-23-29/h4-23H,1-3H3. The first kappa shape index (κ1) is 31.3. The van der Waals surface area contributed by atoms with Crippen LogP contribution in [0.4, 0.5) is 13.2 Å². The maximum Gasteiger partial charge on any atom is 0.396 e. The number of halogens is 4. The summed E-state index contributed by atoms with van der Waals surface area (Å²) < 4.78 is 48.8. The molecule has 0 radical (unpaired) electrons. The molecule has 0 N–H and O–H groups in total. The largest absolute Gasteiger partial charge is 0.829 e. The Morgan fingerprint density at radius 3 is 1.40 bits per heavy atom. The van der Waals surface area contributed by atoms with E-state index in [0.717, 1.165) is 0 Å². The highest BCUT2D eigenvalue weighted by atomic mass is 35.5. The minimum Gasteiger partial charge on any atom is -0.829 e. The summed E-state index contributed by atoms with van der Waals surface area (Å²) in [4.78, 5) is 14.5. The molecule has 0 aromatic heterocycles. The van der Waals surface area contributed by atoms with Gasteiger partial charge in [0, 0.05) is 5.56 Å². The lowest BCUT2D eigenvalue weighted by Gasteiger charge is -2.52. The lowest BCUT2D eigenvalue weighted by molar-refractivity contribution is -0.517. The molecule has 0 aliphatic rings. The van der Waals surface area contributed by atoms with Crippen molar-refractivity contribution in [2.45, 2.75) is 42.8 Å². The zero-order valence-corrected chi connectivity index (χ0v) is 24.9. The summed E-state index contributed by atoms with van der Waals surface area (Å²) in [5, 5.41) is 15.8. The van der Waals surface area contributed by atoms with Gasteiger partial charge in [0.1, 0.15) is 34.4 Å². The minimum atomic E-state index is -5.61. The highest BCUT2D eigenvalue weighted by Gasteiger charge is 2.78. The lowest BCUT2D eigenvalue weighted by Crippen LogP contribution is -2.74. The van der Waals surface area contributed by atoms with Crippen LogP contribution in [0.2, 0.25) is 0 Å². The number of hydrogen-bond donors (Lipinski definition) is 0. The Morgan fingerprint density at radius 1 is 0.714 bits per heavy atom. The highest BCUT2D eigenvalue weighted by molar-refractivity contribution is 7.98. The molecule has 4 aromatic carbocycles. The third-order valence-electron chi connectivity index (χ3n) is 6.58. The van der Waals surface area contributed by atoms with Crippen molar-refractivity contribution in [3.63, 3.8) is 0 Å². The van der Waals surface area contributed by atoms with Crippen molar-refractivity contribution in [3.05, 3.63) is 127 Å². The van der Waals surface area contributed by atoms with E-state index in [9.17, 15) is 9.90 Å². The van der Waals surface area contributed by atoms with Crippen molar-refractivity contribution in [3.8, 4) is 11.8 Å². The average Bonchev–Trinajstić information content (AvgIpc) is 2.97. The zero-order chi connectivity index (χ0) is 30.7. The van der Waals surface area contributed by atoms with Gasteiger partial charge >= 0.3 is 12.1 Å². The van der Waals surface area contributed by atoms with E-state index in [1.54, 1.807) is 109 Å². The van der Waals surface area contributed by atoms with E-state index in [2.05, 4.69) is 5.92 Å². The monoisotopic (exact) mass is 608 g/mol. The molecule has 216 valence electrons. The van der Waals surface area contributed by atoms with Gasteiger partial charge in [0.25, 0.3) is 4.62 Å². The van der Waals surface area contributed by atoms with Crippen LogP contribution in [-0.2, 0) is 9.53 Å². The van der Waals surface area contributed by atoms with E-state index >= 15 is 13.2 Å². The smallest absolute Gasteiger partial charge is 0.396 e. The lowest BCUT2D eigenvalue weighted by atomic mass is 9.97. The SMILES string of the molecule is CC(C)(C)OC(=O)C(Cl)(C([O-])(C#Cc1ccccc1)C(F)(F)F)[P+](c1ccccc1)(c1ccccc1)c1ccccc1. The number of carbonyl (C=O) groups is 1. The molecule has 3 nitrogen and oxygen atoms in total. The second kappa shape index (κ2) is 11.9. The van der Waals surface area contributed by atoms with Crippen LogP contribution < -0.4 is 21.0 Å². The van der Waals surface area contributed by atoms with Crippen molar-refractivity contribution in [1.82, 2.24) is 0 Å². The minimum absolute atomic E-state index is 0.160. The van der Waals surface area contributed by atoms with Crippen LogP contribution in [0.1, 0.15) is 26.3 Å². The van der Waals surface area contributed by atoms with E-state index in [-0.39, 0.29) is 21.5 Å². The Morgan fingerprint density at radius 2 is 1.07 bits per heavy atom. The summed E-state index contributed by atoms with van der Waals surface area (Å²) in [6, 6.07) is 32.3. The predicted molar refractivity (Wildman–Crippen MR) is 162 cm³/mol.